The van der Waals surface area contributed by atoms with Crippen LogP contribution in [0.4, 0.5) is 11.4 Å². The summed E-state index contributed by atoms with van der Waals surface area (Å²) in [5, 5.41) is 5.70. The molecular formula is C24H21BrN2O3. The Morgan fingerprint density at radius 2 is 1.60 bits per heavy atom. The number of hydrogen-bond donors (Lipinski definition) is 2. The number of nitrogens with one attached hydrogen (secondary N) is 2. The van der Waals surface area contributed by atoms with Crippen molar-refractivity contribution in [1.82, 2.24) is 0 Å². The van der Waals surface area contributed by atoms with E-state index in [2.05, 4.69) is 33.1 Å². The lowest BCUT2D eigenvalue weighted by molar-refractivity contribution is 0.101. The quantitative estimate of drug-likeness (QED) is 0.432. The van der Waals surface area contributed by atoms with Crippen LogP contribution in [0.5, 0.6) is 5.75 Å². The number of carbonyl (C=O) groups excluding carboxylic acids is 2. The first-order valence-electron chi connectivity index (χ1n) is 9.29. The van der Waals surface area contributed by atoms with Crippen molar-refractivity contribution in [3.63, 3.8) is 0 Å². The lowest BCUT2D eigenvalue weighted by Crippen LogP contribution is -2.14. The molecule has 3 rings (SSSR count). The number of ether oxygens (including phenoxy) is 1. The van der Waals surface area contributed by atoms with Gasteiger partial charge in [-0.2, -0.15) is 0 Å². The van der Waals surface area contributed by atoms with Gasteiger partial charge in [-0.3, -0.25) is 9.59 Å². The highest BCUT2D eigenvalue weighted by Crippen LogP contribution is 2.26. The fraction of sp³-hybridized carbons (Fsp3) is 0.0833. The average molecular weight is 465 g/mol. The number of carbonyl (C=O) groups is 2. The number of halogens is 1. The third kappa shape index (κ3) is 5.36. The minimum absolute atomic E-state index is 0.173. The Bertz CT molecular complexity index is 1080. The van der Waals surface area contributed by atoms with Crippen LogP contribution in [-0.4, -0.2) is 18.4 Å². The minimum Gasteiger partial charge on any atom is -0.488 e. The molecule has 2 amide bonds. The zero-order valence-corrected chi connectivity index (χ0v) is 18.0. The van der Waals surface area contributed by atoms with Crippen molar-refractivity contribution in [3.8, 4) is 5.75 Å². The largest absolute Gasteiger partial charge is 0.488 e. The Hall–Kier alpha value is -3.38. The van der Waals surface area contributed by atoms with Gasteiger partial charge >= 0.3 is 0 Å². The molecule has 3 aromatic rings. The van der Waals surface area contributed by atoms with Crippen molar-refractivity contribution >= 4 is 39.1 Å². The summed E-state index contributed by atoms with van der Waals surface area (Å²) in [7, 11) is 0. The second-order valence-electron chi connectivity index (χ2n) is 6.55. The monoisotopic (exact) mass is 464 g/mol. The van der Waals surface area contributed by atoms with Crippen LogP contribution < -0.4 is 15.4 Å². The van der Waals surface area contributed by atoms with Crippen molar-refractivity contribution < 1.29 is 14.3 Å². The maximum atomic E-state index is 12.5. The Balaban J connectivity index is 1.63. The van der Waals surface area contributed by atoms with Gasteiger partial charge in [-0.15, -0.1) is 0 Å². The average Bonchev–Trinajstić information content (AvgIpc) is 2.74. The Morgan fingerprint density at radius 3 is 2.20 bits per heavy atom. The summed E-state index contributed by atoms with van der Waals surface area (Å²) >= 11 is 3.41. The van der Waals surface area contributed by atoms with Crippen molar-refractivity contribution in [1.29, 1.82) is 0 Å². The van der Waals surface area contributed by atoms with Crippen molar-refractivity contribution in [3.05, 3.63) is 101 Å². The molecule has 5 nitrogen and oxygen atoms in total. The van der Waals surface area contributed by atoms with Gasteiger partial charge in [-0.25, -0.2) is 0 Å². The topological polar surface area (TPSA) is 67.4 Å². The Labute approximate surface area is 183 Å². The van der Waals surface area contributed by atoms with Crippen LogP contribution in [0, 0.1) is 6.92 Å². The summed E-state index contributed by atoms with van der Waals surface area (Å²) in [6, 6.07) is 19.5. The molecule has 0 spiro atoms. The summed E-state index contributed by atoms with van der Waals surface area (Å²) in [4.78, 5) is 24.9. The highest BCUT2D eigenvalue weighted by Gasteiger charge is 2.11. The molecule has 3 aromatic carbocycles. The summed E-state index contributed by atoms with van der Waals surface area (Å²) in [5.74, 6) is 0.219. The molecule has 0 heterocycles. The SMILES string of the molecule is C=CCOc1ccc(C(=O)Nc2ccc(NC(=O)c3ccccc3C)cc2)cc1Br. The van der Waals surface area contributed by atoms with Gasteiger partial charge in [0.2, 0.25) is 0 Å². The molecule has 0 aliphatic rings. The number of anilines is 2. The van der Waals surface area contributed by atoms with Gasteiger partial charge in [0.15, 0.2) is 0 Å². The van der Waals surface area contributed by atoms with Gasteiger partial charge < -0.3 is 15.4 Å². The van der Waals surface area contributed by atoms with E-state index in [1.165, 1.54) is 0 Å². The van der Waals surface area contributed by atoms with Gasteiger partial charge in [0.25, 0.3) is 11.8 Å². The van der Waals surface area contributed by atoms with E-state index >= 15 is 0 Å². The Kier molecular flexibility index (Phi) is 7.03. The first kappa shape index (κ1) is 21.3. The first-order chi connectivity index (χ1) is 14.5. The van der Waals surface area contributed by atoms with Crippen molar-refractivity contribution in [2.75, 3.05) is 17.2 Å². The zero-order valence-electron chi connectivity index (χ0n) is 16.4. The standard InChI is InChI=1S/C24H21BrN2O3/c1-3-14-30-22-13-8-17(15-21(22)25)23(28)26-18-9-11-19(12-10-18)27-24(29)20-7-5-4-6-16(20)2/h3-13,15H,1,14H2,2H3,(H,26,28)(H,27,29). The normalized spacial score (nSPS) is 10.2. The van der Waals surface area contributed by atoms with E-state index < -0.39 is 0 Å². The van der Waals surface area contributed by atoms with Crippen LogP contribution in [0.3, 0.4) is 0 Å². The molecule has 152 valence electrons. The summed E-state index contributed by atoms with van der Waals surface area (Å²) in [6.07, 6.45) is 1.65. The fourth-order valence-electron chi connectivity index (χ4n) is 2.77. The first-order valence-corrected chi connectivity index (χ1v) is 10.1. The van der Waals surface area contributed by atoms with Gasteiger partial charge in [-0.05, 0) is 76.9 Å². The number of rotatable bonds is 7. The lowest BCUT2D eigenvalue weighted by atomic mass is 10.1. The smallest absolute Gasteiger partial charge is 0.255 e. The molecule has 0 atom stereocenters. The van der Waals surface area contributed by atoms with Crippen LogP contribution in [0.25, 0.3) is 0 Å². The Morgan fingerprint density at radius 1 is 0.967 bits per heavy atom. The highest BCUT2D eigenvalue weighted by atomic mass is 79.9. The maximum Gasteiger partial charge on any atom is 0.255 e. The van der Waals surface area contributed by atoms with Gasteiger partial charge in [0, 0.05) is 22.5 Å². The maximum absolute atomic E-state index is 12.5. The van der Waals surface area contributed by atoms with E-state index in [1.54, 1.807) is 54.6 Å². The van der Waals surface area contributed by atoms with Crippen LogP contribution in [0.2, 0.25) is 0 Å². The number of amides is 2. The molecule has 30 heavy (non-hydrogen) atoms. The van der Waals surface area contributed by atoms with E-state index in [4.69, 9.17) is 4.74 Å². The molecule has 0 fully saturated rings. The summed E-state index contributed by atoms with van der Waals surface area (Å²) in [6.45, 7) is 5.89. The third-order valence-corrected chi connectivity index (χ3v) is 4.96. The second-order valence-corrected chi connectivity index (χ2v) is 7.40. The zero-order chi connectivity index (χ0) is 21.5. The molecular weight excluding hydrogens is 444 g/mol. The van der Waals surface area contributed by atoms with Crippen LogP contribution >= 0.6 is 15.9 Å². The van der Waals surface area contributed by atoms with Crippen molar-refractivity contribution in [2.45, 2.75) is 6.92 Å². The molecule has 0 aliphatic heterocycles. The van der Waals surface area contributed by atoms with E-state index in [0.29, 0.717) is 39.3 Å². The number of benzene rings is 3. The van der Waals surface area contributed by atoms with Crippen LogP contribution in [0.15, 0.2) is 83.9 Å². The molecule has 0 aromatic heterocycles. The molecule has 0 radical (unpaired) electrons. The summed E-state index contributed by atoms with van der Waals surface area (Å²) < 4.78 is 6.18. The predicted molar refractivity (Wildman–Crippen MR) is 123 cm³/mol. The summed E-state index contributed by atoms with van der Waals surface area (Å²) in [5.41, 5.74) is 3.29. The van der Waals surface area contributed by atoms with E-state index in [9.17, 15) is 9.59 Å². The van der Waals surface area contributed by atoms with Crippen LogP contribution in [0.1, 0.15) is 26.3 Å². The van der Waals surface area contributed by atoms with E-state index in [-0.39, 0.29) is 11.8 Å². The van der Waals surface area contributed by atoms with Crippen LogP contribution in [-0.2, 0) is 0 Å². The molecule has 2 N–H and O–H groups in total. The van der Waals surface area contributed by atoms with Gasteiger partial charge in [0.05, 0.1) is 4.47 Å². The molecule has 0 unspecified atom stereocenters. The lowest BCUT2D eigenvalue weighted by Gasteiger charge is -2.10. The second kappa shape index (κ2) is 9.89. The molecule has 0 bridgehead atoms. The molecule has 0 aliphatic carbocycles. The predicted octanol–water partition coefficient (Wildman–Crippen LogP) is 5.83. The molecule has 0 saturated heterocycles. The van der Waals surface area contributed by atoms with Gasteiger partial charge in [0.1, 0.15) is 12.4 Å². The molecule has 6 heteroatoms. The highest BCUT2D eigenvalue weighted by molar-refractivity contribution is 9.10. The van der Waals surface area contributed by atoms with E-state index in [1.807, 2.05) is 25.1 Å². The number of hydrogen-bond acceptors (Lipinski definition) is 3. The van der Waals surface area contributed by atoms with E-state index in [0.717, 1.165) is 5.56 Å². The third-order valence-electron chi connectivity index (χ3n) is 4.34. The minimum atomic E-state index is -0.248. The number of aryl methyl sites for hydroxylation is 1. The van der Waals surface area contributed by atoms with Crippen molar-refractivity contribution in [2.24, 2.45) is 0 Å². The molecule has 0 saturated carbocycles. The van der Waals surface area contributed by atoms with Gasteiger partial charge in [-0.1, -0.05) is 30.9 Å². The fourth-order valence-corrected chi connectivity index (χ4v) is 3.27.